The van der Waals surface area contributed by atoms with Gasteiger partial charge >= 0.3 is 18.6 Å². The number of esters is 1. The molecule has 0 aromatic rings. The molecule has 0 atom stereocenters. The number of alkyl halides is 5. The van der Waals surface area contributed by atoms with Crippen molar-refractivity contribution in [1.82, 2.24) is 0 Å². The maximum atomic E-state index is 11.3. The lowest BCUT2D eigenvalue weighted by Crippen LogP contribution is -2.14. The molecule has 0 unspecified atom stereocenters. The van der Waals surface area contributed by atoms with Crippen LogP contribution in [0.1, 0.15) is 0 Å². The Balaban J connectivity index is 3.79. The number of hydrogen-bond donors (Lipinski definition) is 0. The normalized spacial score (nSPS) is 10.6. The van der Waals surface area contributed by atoms with Gasteiger partial charge in [-0.25, -0.2) is 4.79 Å². The van der Waals surface area contributed by atoms with Crippen molar-refractivity contribution in [2.24, 2.45) is 0 Å². The van der Waals surface area contributed by atoms with Gasteiger partial charge in [-0.1, -0.05) is 5.92 Å². The lowest BCUT2D eigenvalue weighted by atomic mass is 10.6. The highest BCUT2D eigenvalue weighted by molar-refractivity contribution is 5.72. The van der Waals surface area contributed by atoms with Crippen LogP contribution in [0.2, 0.25) is 0 Å². The van der Waals surface area contributed by atoms with E-state index in [0.29, 0.717) is 0 Å². The molecule has 2 nitrogen and oxygen atoms in total. The van der Waals surface area contributed by atoms with Crippen LogP contribution in [0.15, 0.2) is 0 Å². The minimum absolute atomic E-state index is 0.744. The Kier molecular flexibility index (Phi) is 4.17. The van der Waals surface area contributed by atoms with Crippen LogP contribution in [0, 0.1) is 11.8 Å². The molecule has 0 rings (SSSR count). The van der Waals surface area contributed by atoms with E-state index >= 15 is 0 Å². The van der Waals surface area contributed by atoms with Crippen molar-refractivity contribution in [2.45, 2.75) is 12.6 Å². The standard InChI is InChI=1S/C6H3F5O2/c7-4(8)5(12)13-3-1-2-6(9,10)11/h4H,3H2. The van der Waals surface area contributed by atoms with E-state index in [1.807, 2.05) is 0 Å². The molecule has 0 aromatic heterocycles. The summed E-state index contributed by atoms with van der Waals surface area (Å²) in [5, 5.41) is 0. The van der Waals surface area contributed by atoms with Crippen LogP contribution in [0.4, 0.5) is 22.0 Å². The average Bonchev–Trinajstić information content (AvgIpc) is 1.95. The molecule has 0 amide bonds. The molecular formula is C6H3F5O2. The zero-order chi connectivity index (χ0) is 10.5. The minimum Gasteiger partial charge on any atom is -0.448 e. The fourth-order valence-corrected chi connectivity index (χ4v) is 0.307. The van der Waals surface area contributed by atoms with E-state index in [1.54, 1.807) is 0 Å². The van der Waals surface area contributed by atoms with Crippen LogP contribution in [-0.4, -0.2) is 25.2 Å². The maximum absolute atomic E-state index is 11.3. The van der Waals surface area contributed by atoms with Gasteiger partial charge < -0.3 is 4.74 Å². The molecule has 0 radical (unpaired) electrons. The molecule has 0 heterocycles. The third-order valence-corrected chi connectivity index (χ3v) is 0.695. The molecule has 0 aliphatic heterocycles. The van der Waals surface area contributed by atoms with Gasteiger partial charge in [0.25, 0.3) is 0 Å². The molecule has 13 heavy (non-hydrogen) atoms. The van der Waals surface area contributed by atoms with E-state index in [4.69, 9.17) is 0 Å². The summed E-state index contributed by atoms with van der Waals surface area (Å²) in [6, 6.07) is 0. The quantitative estimate of drug-likeness (QED) is 0.384. The van der Waals surface area contributed by atoms with Crippen LogP contribution in [0.5, 0.6) is 0 Å². The summed E-state index contributed by atoms with van der Waals surface area (Å²) in [7, 11) is 0. The van der Waals surface area contributed by atoms with E-state index < -0.39 is 25.2 Å². The predicted octanol–water partition coefficient (Wildman–Crippen LogP) is 1.36. The van der Waals surface area contributed by atoms with E-state index in [9.17, 15) is 26.7 Å². The number of ether oxygens (including phenoxy) is 1. The topological polar surface area (TPSA) is 26.3 Å². The second kappa shape index (κ2) is 4.64. The second-order valence-electron chi connectivity index (χ2n) is 1.71. The molecule has 0 aliphatic rings. The number of carbonyl (C=O) groups is 1. The first-order valence-corrected chi connectivity index (χ1v) is 2.84. The summed E-state index contributed by atoms with van der Waals surface area (Å²) in [5.41, 5.74) is 0. The number of carbonyl (C=O) groups excluding carboxylic acids is 1. The zero-order valence-electron chi connectivity index (χ0n) is 5.99. The molecule has 0 saturated carbocycles. The average molecular weight is 202 g/mol. The first-order chi connectivity index (χ1) is 5.83. The van der Waals surface area contributed by atoms with Crippen LogP contribution >= 0.6 is 0 Å². The summed E-state index contributed by atoms with van der Waals surface area (Å²) in [6.45, 7) is -0.997. The Morgan fingerprint density at radius 3 is 2.31 bits per heavy atom. The van der Waals surface area contributed by atoms with Gasteiger partial charge in [-0.05, 0) is 0 Å². The Labute approximate surface area is 69.7 Å². The first kappa shape index (κ1) is 11.7. The zero-order valence-corrected chi connectivity index (χ0v) is 5.99. The summed E-state index contributed by atoms with van der Waals surface area (Å²) < 4.78 is 60.2. The van der Waals surface area contributed by atoms with Gasteiger partial charge in [-0.15, -0.1) is 0 Å². The Bertz CT molecular complexity index is 234. The van der Waals surface area contributed by atoms with Gasteiger partial charge in [-0.2, -0.15) is 22.0 Å². The van der Waals surface area contributed by atoms with E-state index in [2.05, 4.69) is 4.74 Å². The molecule has 0 saturated heterocycles. The van der Waals surface area contributed by atoms with E-state index in [1.165, 1.54) is 5.92 Å². The van der Waals surface area contributed by atoms with Gasteiger partial charge in [0.05, 0.1) is 0 Å². The van der Waals surface area contributed by atoms with Crippen molar-refractivity contribution < 1.29 is 31.5 Å². The number of rotatable bonds is 2. The molecule has 7 heteroatoms. The van der Waals surface area contributed by atoms with Crippen molar-refractivity contribution in [3.63, 3.8) is 0 Å². The molecule has 0 aromatic carbocycles. The molecule has 0 bridgehead atoms. The maximum Gasteiger partial charge on any atom is 0.457 e. The van der Waals surface area contributed by atoms with Crippen molar-refractivity contribution >= 4 is 5.97 Å². The van der Waals surface area contributed by atoms with Gasteiger partial charge in [0, 0.05) is 5.92 Å². The van der Waals surface area contributed by atoms with Crippen LogP contribution in [0.3, 0.4) is 0 Å². The first-order valence-electron chi connectivity index (χ1n) is 2.84. The Morgan fingerprint density at radius 2 is 1.92 bits per heavy atom. The van der Waals surface area contributed by atoms with E-state index in [0.717, 1.165) is 5.92 Å². The minimum atomic E-state index is -4.71. The molecule has 0 N–H and O–H groups in total. The van der Waals surface area contributed by atoms with E-state index in [-0.39, 0.29) is 0 Å². The van der Waals surface area contributed by atoms with Gasteiger partial charge in [-0.3, -0.25) is 0 Å². The second-order valence-corrected chi connectivity index (χ2v) is 1.71. The number of hydrogen-bond acceptors (Lipinski definition) is 2. The highest BCUT2D eigenvalue weighted by Crippen LogP contribution is 2.11. The summed E-state index contributed by atoms with van der Waals surface area (Å²) in [4.78, 5) is 9.95. The van der Waals surface area contributed by atoms with Gasteiger partial charge in [0.15, 0.2) is 6.61 Å². The SMILES string of the molecule is O=C(OCC#CC(F)(F)F)C(F)F. The summed E-state index contributed by atoms with van der Waals surface area (Å²) in [5.74, 6) is 0.212. The largest absolute Gasteiger partial charge is 0.457 e. The van der Waals surface area contributed by atoms with Gasteiger partial charge in [0.2, 0.25) is 0 Å². The number of halogens is 5. The molecule has 74 valence electrons. The molecule has 0 spiro atoms. The summed E-state index contributed by atoms with van der Waals surface area (Å²) >= 11 is 0. The predicted molar refractivity (Wildman–Crippen MR) is 30.8 cm³/mol. The Morgan fingerprint density at radius 1 is 1.38 bits per heavy atom. The highest BCUT2D eigenvalue weighted by atomic mass is 19.4. The van der Waals surface area contributed by atoms with Crippen molar-refractivity contribution in [3.8, 4) is 11.8 Å². The van der Waals surface area contributed by atoms with Crippen molar-refractivity contribution in [2.75, 3.05) is 6.61 Å². The summed E-state index contributed by atoms with van der Waals surface area (Å²) in [6.07, 6.45) is -8.07. The molecule has 0 aliphatic carbocycles. The fourth-order valence-electron chi connectivity index (χ4n) is 0.307. The van der Waals surface area contributed by atoms with Gasteiger partial charge in [0.1, 0.15) is 0 Å². The lowest BCUT2D eigenvalue weighted by molar-refractivity contribution is -0.154. The molecule has 0 fully saturated rings. The van der Waals surface area contributed by atoms with Crippen LogP contribution < -0.4 is 0 Å². The van der Waals surface area contributed by atoms with Crippen LogP contribution in [0.25, 0.3) is 0 Å². The lowest BCUT2D eigenvalue weighted by Gasteiger charge is -1.97. The van der Waals surface area contributed by atoms with Crippen molar-refractivity contribution in [1.29, 1.82) is 0 Å². The smallest absolute Gasteiger partial charge is 0.448 e. The Hall–Kier alpha value is -1.32. The molecular weight excluding hydrogens is 199 g/mol. The van der Waals surface area contributed by atoms with Crippen molar-refractivity contribution in [3.05, 3.63) is 0 Å². The fraction of sp³-hybridized carbons (Fsp3) is 0.500. The third kappa shape index (κ3) is 7.05. The van der Waals surface area contributed by atoms with Crippen LogP contribution in [-0.2, 0) is 9.53 Å². The highest BCUT2D eigenvalue weighted by Gasteiger charge is 2.23. The monoisotopic (exact) mass is 202 g/mol. The third-order valence-electron chi connectivity index (χ3n) is 0.695.